The normalized spacial score (nSPS) is 11.2. The molecule has 0 aliphatic heterocycles. The predicted molar refractivity (Wildman–Crippen MR) is 76.9 cm³/mol. The molecular formula is C14H20N2O4. The fourth-order valence-electron chi connectivity index (χ4n) is 1.77. The highest BCUT2D eigenvalue weighted by Gasteiger charge is 2.32. The Labute approximate surface area is 118 Å². The number of nitrogen functional groups attached to an aromatic ring is 1. The van der Waals surface area contributed by atoms with Gasteiger partial charge >= 0.3 is 5.97 Å². The Kier molecular flexibility index (Phi) is 4.73. The van der Waals surface area contributed by atoms with Crippen molar-refractivity contribution in [2.75, 3.05) is 24.3 Å². The van der Waals surface area contributed by atoms with Gasteiger partial charge in [-0.25, -0.2) is 4.79 Å². The van der Waals surface area contributed by atoms with Gasteiger partial charge in [0.2, 0.25) is 0 Å². The van der Waals surface area contributed by atoms with E-state index in [4.69, 9.17) is 15.6 Å². The van der Waals surface area contributed by atoms with Gasteiger partial charge in [0.15, 0.2) is 0 Å². The van der Waals surface area contributed by atoms with E-state index in [0.717, 1.165) is 0 Å². The molecule has 110 valence electrons. The van der Waals surface area contributed by atoms with Crippen molar-refractivity contribution in [1.29, 1.82) is 0 Å². The standard InChI is InChI=1S/C14H20N2O4/c1-5-16(13(19)14(2,3)20-4)11-7-6-9(12(17)18)8-10(11)15/h6-8H,5,15H2,1-4H3,(H,17,18). The van der Waals surface area contributed by atoms with Crippen molar-refractivity contribution in [3.63, 3.8) is 0 Å². The summed E-state index contributed by atoms with van der Waals surface area (Å²) in [4.78, 5) is 24.8. The van der Waals surface area contributed by atoms with Crippen LogP contribution in [0.25, 0.3) is 0 Å². The second-order valence-corrected chi connectivity index (χ2v) is 4.84. The van der Waals surface area contributed by atoms with Gasteiger partial charge in [-0.2, -0.15) is 0 Å². The summed E-state index contributed by atoms with van der Waals surface area (Å²) in [6, 6.07) is 4.29. The highest BCUT2D eigenvalue weighted by molar-refractivity contribution is 6.02. The zero-order valence-electron chi connectivity index (χ0n) is 12.1. The molecule has 1 aromatic carbocycles. The summed E-state index contributed by atoms with van der Waals surface area (Å²) in [5.74, 6) is -1.30. The Hall–Kier alpha value is -2.08. The summed E-state index contributed by atoms with van der Waals surface area (Å²) < 4.78 is 5.18. The van der Waals surface area contributed by atoms with Crippen molar-refractivity contribution in [3.8, 4) is 0 Å². The lowest BCUT2D eigenvalue weighted by molar-refractivity contribution is -0.136. The highest BCUT2D eigenvalue weighted by atomic mass is 16.5. The van der Waals surface area contributed by atoms with E-state index in [9.17, 15) is 9.59 Å². The number of nitrogens with two attached hydrogens (primary N) is 1. The minimum absolute atomic E-state index is 0.0840. The number of hydrogen-bond donors (Lipinski definition) is 2. The molecule has 0 fully saturated rings. The number of likely N-dealkylation sites (N-methyl/N-ethyl adjacent to an activating group) is 1. The predicted octanol–water partition coefficient (Wildman–Crippen LogP) is 1.74. The Morgan fingerprint density at radius 3 is 2.40 bits per heavy atom. The third-order valence-electron chi connectivity index (χ3n) is 3.15. The lowest BCUT2D eigenvalue weighted by Gasteiger charge is -2.31. The van der Waals surface area contributed by atoms with Crippen LogP contribution in [0.3, 0.4) is 0 Å². The number of carboxylic acid groups (broad SMARTS) is 1. The van der Waals surface area contributed by atoms with Gasteiger partial charge < -0.3 is 20.5 Å². The van der Waals surface area contributed by atoms with Gasteiger partial charge in [-0.15, -0.1) is 0 Å². The summed E-state index contributed by atoms with van der Waals surface area (Å²) in [5.41, 5.74) is 5.69. The topological polar surface area (TPSA) is 92.9 Å². The summed E-state index contributed by atoms with van der Waals surface area (Å²) in [6.07, 6.45) is 0. The molecule has 0 radical (unpaired) electrons. The van der Waals surface area contributed by atoms with Crippen LogP contribution < -0.4 is 10.6 Å². The van der Waals surface area contributed by atoms with Gasteiger partial charge in [0.1, 0.15) is 5.60 Å². The molecule has 3 N–H and O–H groups in total. The van der Waals surface area contributed by atoms with Crippen molar-refractivity contribution in [1.82, 2.24) is 0 Å². The molecular weight excluding hydrogens is 260 g/mol. The molecule has 20 heavy (non-hydrogen) atoms. The van der Waals surface area contributed by atoms with Crippen LogP contribution in [0.2, 0.25) is 0 Å². The number of amides is 1. The van der Waals surface area contributed by atoms with Gasteiger partial charge in [0.05, 0.1) is 16.9 Å². The van der Waals surface area contributed by atoms with E-state index in [-0.39, 0.29) is 17.2 Å². The smallest absolute Gasteiger partial charge is 0.335 e. The summed E-state index contributed by atoms with van der Waals surface area (Å²) >= 11 is 0. The zero-order valence-corrected chi connectivity index (χ0v) is 12.1. The molecule has 0 aliphatic carbocycles. The molecule has 0 heterocycles. The van der Waals surface area contributed by atoms with Crippen LogP contribution >= 0.6 is 0 Å². The highest BCUT2D eigenvalue weighted by Crippen LogP contribution is 2.27. The molecule has 0 saturated carbocycles. The molecule has 0 atom stereocenters. The van der Waals surface area contributed by atoms with Crippen LogP contribution in [0.15, 0.2) is 18.2 Å². The van der Waals surface area contributed by atoms with Crippen molar-refractivity contribution >= 4 is 23.3 Å². The van der Waals surface area contributed by atoms with E-state index in [1.807, 2.05) is 6.92 Å². The van der Waals surface area contributed by atoms with Crippen LogP contribution in [0.1, 0.15) is 31.1 Å². The number of carboxylic acids is 1. The van der Waals surface area contributed by atoms with Crippen LogP contribution in [0.4, 0.5) is 11.4 Å². The molecule has 0 aliphatic rings. The van der Waals surface area contributed by atoms with Crippen molar-refractivity contribution in [3.05, 3.63) is 23.8 Å². The molecule has 0 aromatic heterocycles. The number of nitrogens with zero attached hydrogens (tertiary/aromatic N) is 1. The second kappa shape index (κ2) is 5.92. The third kappa shape index (κ3) is 3.08. The second-order valence-electron chi connectivity index (χ2n) is 4.84. The number of benzene rings is 1. The SMILES string of the molecule is CCN(C(=O)C(C)(C)OC)c1ccc(C(=O)O)cc1N. The quantitative estimate of drug-likeness (QED) is 0.801. The third-order valence-corrected chi connectivity index (χ3v) is 3.15. The number of ether oxygens (including phenoxy) is 1. The average molecular weight is 280 g/mol. The molecule has 1 amide bonds. The van der Waals surface area contributed by atoms with Gasteiger partial charge in [0.25, 0.3) is 5.91 Å². The molecule has 1 rings (SSSR count). The van der Waals surface area contributed by atoms with E-state index in [1.54, 1.807) is 13.8 Å². The van der Waals surface area contributed by atoms with Crippen LogP contribution in [0, 0.1) is 0 Å². The van der Waals surface area contributed by atoms with E-state index < -0.39 is 11.6 Å². The minimum Gasteiger partial charge on any atom is -0.478 e. The maximum absolute atomic E-state index is 12.4. The van der Waals surface area contributed by atoms with Crippen LogP contribution in [-0.4, -0.2) is 36.2 Å². The van der Waals surface area contributed by atoms with Crippen molar-refractivity contribution < 1.29 is 19.4 Å². The molecule has 0 bridgehead atoms. The van der Waals surface area contributed by atoms with Crippen molar-refractivity contribution in [2.24, 2.45) is 0 Å². The van der Waals surface area contributed by atoms with Gasteiger partial charge in [-0.1, -0.05) is 0 Å². The van der Waals surface area contributed by atoms with E-state index in [1.165, 1.54) is 30.2 Å². The minimum atomic E-state index is -1.06. The number of carbonyl (C=O) groups is 2. The van der Waals surface area contributed by atoms with Crippen molar-refractivity contribution in [2.45, 2.75) is 26.4 Å². The summed E-state index contributed by atoms with van der Waals surface area (Å²) in [6.45, 7) is 5.55. The first-order valence-corrected chi connectivity index (χ1v) is 6.24. The number of aromatic carboxylic acids is 1. The van der Waals surface area contributed by atoms with E-state index >= 15 is 0 Å². The van der Waals surface area contributed by atoms with Gasteiger partial charge in [0, 0.05) is 13.7 Å². The molecule has 6 nitrogen and oxygen atoms in total. The van der Waals surface area contributed by atoms with Crippen LogP contribution in [-0.2, 0) is 9.53 Å². The number of hydrogen-bond acceptors (Lipinski definition) is 4. The molecule has 1 aromatic rings. The first-order valence-electron chi connectivity index (χ1n) is 6.24. The lowest BCUT2D eigenvalue weighted by Crippen LogP contribution is -2.46. The Bertz CT molecular complexity index is 526. The first-order chi connectivity index (χ1) is 9.24. The Morgan fingerprint density at radius 2 is 2.00 bits per heavy atom. The molecule has 0 spiro atoms. The molecule has 0 saturated heterocycles. The fourth-order valence-corrected chi connectivity index (χ4v) is 1.77. The van der Waals surface area contributed by atoms with Crippen LogP contribution in [0.5, 0.6) is 0 Å². The summed E-state index contributed by atoms with van der Waals surface area (Å²) in [5, 5.41) is 8.92. The Morgan fingerprint density at radius 1 is 1.40 bits per heavy atom. The van der Waals surface area contributed by atoms with Gasteiger partial charge in [-0.05, 0) is 39.0 Å². The summed E-state index contributed by atoms with van der Waals surface area (Å²) in [7, 11) is 1.46. The number of anilines is 2. The fraction of sp³-hybridized carbons (Fsp3) is 0.429. The zero-order chi connectivity index (χ0) is 15.5. The Balaban J connectivity index is 3.20. The number of methoxy groups -OCH3 is 1. The molecule has 0 unspecified atom stereocenters. The lowest BCUT2D eigenvalue weighted by atomic mass is 10.1. The number of rotatable bonds is 5. The van der Waals surface area contributed by atoms with E-state index in [2.05, 4.69) is 0 Å². The monoisotopic (exact) mass is 280 g/mol. The largest absolute Gasteiger partial charge is 0.478 e. The van der Waals surface area contributed by atoms with Gasteiger partial charge in [-0.3, -0.25) is 4.79 Å². The maximum Gasteiger partial charge on any atom is 0.335 e. The maximum atomic E-state index is 12.4. The molecule has 6 heteroatoms. The first kappa shape index (κ1) is 16.0. The number of carbonyl (C=O) groups excluding carboxylic acids is 1. The average Bonchev–Trinajstić information content (AvgIpc) is 2.40. The van der Waals surface area contributed by atoms with E-state index in [0.29, 0.717) is 12.2 Å².